The highest BCUT2D eigenvalue weighted by Gasteiger charge is 2.31. The fraction of sp³-hybridized carbons (Fsp3) is 0.278. The van der Waals surface area contributed by atoms with Gasteiger partial charge >= 0.3 is 6.18 Å². The minimum atomic E-state index is -4.44. The molecule has 1 amide bonds. The van der Waals surface area contributed by atoms with Crippen LogP contribution in [0.25, 0.3) is 11.1 Å². The van der Waals surface area contributed by atoms with Crippen LogP contribution in [0.5, 0.6) is 0 Å². The second-order valence-corrected chi connectivity index (χ2v) is 5.96. The van der Waals surface area contributed by atoms with Gasteiger partial charge in [-0.15, -0.1) is 0 Å². The Kier molecular flexibility index (Phi) is 4.32. The SMILES string of the molecule is NC(=O)c1ccccc1-c1cc(CN2CCC2)cc(C(F)(F)F)c1. The monoisotopic (exact) mass is 334 g/mol. The zero-order chi connectivity index (χ0) is 17.3. The summed E-state index contributed by atoms with van der Waals surface area (Å²) in [4.78, 5) is 13.7. The van der Waals surface area contributed by atoms with Crippen LogP contribution in [0.2, 0.25) is 0 Å². The predicted molar refractivity (Wildman–Crippen MR) is 85.3 cm³/mol. The Morgan fingerprint density at radius 2 is 1.83 bits per heavy atom. The summed E-state index contributed by atoms with van der Waals surface area (Å²) < 4.78 is 39.8. The molecule has 0 aromatic heterocycles. The predicted octanol–water partition coefficient (Wildman–Crippen LogP) is 3.68. The van der Waals surface area contributed by atoms with Gasteiger partial charge in [0.25, 0.3) is 0 Å². The quantitative estimate of drug-likeness (QED) is 0.927. The number of benzene rings is 2. The molecule has 2 N–H and O–H groups in total. The van der Waals surface area contributed by atoms with Gasteiger partial charge in [0.2, 0.25) is 5.91 Å². The number of nitrogens with two attached hydrogens (primary N) is 1. The standard InChI is InChI=1S/C18H17F3N2O/c19-18(20,21)14-9-12(11-23-6-3-7-23)8-13(10-14)15-4-1-2-5-16(15)17(22)24/h1-2,4-5,8-10H,3,6-7,11H2,(H2,22,24). The van der Waals surface area contributed by atoms with Gasteiger partial charge in [-0.3, -0.25) is 9.69 Å². The van der Waals surface area contributed by atoms with Crippen molar-refractivity contribution in [3.8, 4) is 11.1 Å². The molecule has 1 heterocycles. The van der Waals surface area contributed by atoms with E-state index in [1.165, 1.54) is 12.1 Å². The largest absolute Gasteiger partial charge is 0.416 e. The van der Waals surface area contributed by atoms with E-state index in [4.69, 9.17) is 5.73 Å². The van der Waals surface area contributed by atoms with Gasteiger partial charge in [-0.05, 0) is 60.5 Å². The van der Waals surface area contributed by atoms with Crippen molar-refractivity contribution >= 4 is 5.91 Å². The van der Waals surface area contributed by atoms with Crippen LogP contribution in [0.3, 0.4) is 0 Å². The Hall–Kier alpha value is -2.34. The Morgan fingerprint density at radius 3 is 2.42 bits per heavy atom. The lowest BCUT2D eigenvalue weighted by Gasteiger charge is -2.31. The normalized spacial score (nSPS) is 15.1. The van der Waals surface area contributed by atoms with Gasteiger partial charge in [0.05, 0.1) is 5.56 Å². The van der Waals surface area contributed by atoms with E-state index in [9.17, 15) is 18.0 Å². The number of amides is 1. The molecule has 0 saturated carbocycles. The van der Waals surface area contributed by atoms with Crippen LogP contribution < -0.4 is 5.73 Å². The minimum absolute atomic E-state index is 0.215. The highest BCUT2D eigenvalue weighted by atomic mass is 19.4. The van der Waals surface area contributed by atoms with E-state index < -0.39 is 17.6 Å². The van der Waals surface area contributed by atoms with E-state index in [0.29, 0.717) is 23.2 Å². The summed E-state index contributed by atoms with van der Waals surface area (Å²) in [6.45, 7) is 2.25. The number of rotatable bonds is 4. The lowest BCUT2D eigenvalue weighted by atomic mass is 9.95. The van der Waals surface area contributed by atoms with E-state index in [-0.39, 0.29) is 5.56 Å². The fourth-order valence-electron chi connectivity index (χ4n) is 2.85. The number of hydrogen-bond donors (Lipinski definition) is 1. The Labute approximate surface area is 137 Å². The number of primary amides is 1. The van der Waals surface area contributed by atoms with Crippen LogP contribution in [0.15, 0.2) is 42.5 Å². The van der Waals surface area contributed by atoms with Gasteiger partial charge in [-0.2, -0.15) is 13.2 Å². The van der Waals surface area contributed by atoms with Crippen LogP contribution in [-0.4, -0.2) is 23.9 Å². The molecule has 2 aromatic rings. The van der Waals surface area contributed by atoms with Crippen molar-refractivity contribution in [2.24, 2.45) is 5.73 Å². The Bertz CT molecular complexity index is 767. The van der Waals surface area contributed by atoms with Crippen LogP contribution >= 0.6 is 0 Å². The van der Waals surface area contributed by atoms with Crippen molar-refractivity contribution in [1.82, 2.24) is 4.90 Å². The first kappa shape index (κ1) is 16.5. The molecule has 2 aromatic carbocycles. The third kappa shape index (κ3) is 3.43. The third-order valence-electron chi connectivity index (χ3n) is 4.18. The second kappa shape index (κ2) is 6.28. The molecule has 0 unspecified atom stereocenters. The van der Waals surface area contributed by atoms with E-state index in [2.05, 4.69) is 4.90 Å². The first-order valence-electron chi connectivity index (χ1n) is 7.67. The molecule has 3 rings (SSSR count). The van der Waals surface area contributed by atoms with Crippen LogP contribution in [0, 0.1) is 0 Å². The van der Waals surface area contributed by atoms with Crippen molar-refractivity contribution in [1.29, 1.82) is 0 Å². The average Bonchev–Trinajstić information content (AvgIpc) is 2.50. The third-order valence-corrected chi connectivity index (χ3v) is 4.18. The first-order valence-corrected chi connectivity index (χ1v) is 7.67. The molecular weight excluding hydrogens is 317 g/mol. The molecule has 126 valence electrons. The summed E-state index contributed by atoms with van der Waals surface area (Å²) in [5.41, 5.74) is 6.21. The van der Waals surface area contributed by atoms with E-state index in [1.807, 2.05) is 0 Å². The number of carbonyl (C=O) groups excluding carboxylic acids is 1. The number of likely N-dealkylation sites (tertiary alicyclic amines) is 1. The van der Waals surface area contributed by atoms with Crippen LogP contribution in [0.1, 0.15) is 27.9 Å². The zero-order valence-electron chi connectivity index (χ0n) is 12.9. The molecule has 24 heavy (non-hydrogen) atoms. The number of nitrogens with zero attached hydrogens (tertiary/aromatic N) is 1. The molecule has 1 saturated heterocycles. The molecule has 1 aliphatic heterocycles. The highest BCUT2D eigenvalue weighted by molar-refractivity contribution is 5.99. The van der Waals surface area contributed by atoms with Crippen LogP contribution in [0.4, 0.5) is 13.2 Å². The summed E-state index contributed by atoms with van der Waals surface area (Å²) in [6.07, 6.45) is -3.38. The van der Waals surface area contributed by atoms with Crippen molar-refractivity contribution in [2.45, 2.75) is 19.1 Å². The molecule has 3 nitrogen and oxygen atoms in total. The average molecular weight is 334 g/mol. The van der Waals surface area contributed by atoms with Crippen molar-refractivity contribution in [3.63, 3.8) is 0 Å². The van der Waals surface area contributed by atoms with E-state index >= 15 is 0 Å². The number of carbonyl (C=O) groups is 1. The molecular formula is C18H17F3N2O. The van der Waals surface area contributed by atoms with Gasteiger partial charge in [0.1, 0.15) is 0 Å². The van der Waals surface area contributed by atoms with Gasteiger partial charge in [0.15, 0.2) is 0 Å². The summed E-state index contributed by atoms with van der Waals surface area (Å²) in [5.74, 6) is -0.660. The number of halogens is 3. The van der Waals surface area contributed by atoms with E-state index in [1.54, 1.807) is 24.3 Å². The van der Waals surface area contributed by atoms with Gasteiger partial charge < -0.3 is 5.73 Å². The maximum Gasteiger partial charge on any atom is 0.416 e. The zero-order valence-corrected chi connectivity index (χ0v) is 12.9. The lowest BCUT2D eigenvalue weighted by molar-refractivity contribution is -0.137. The molecule has 6 heteroatoms. The number of hydrogen-bond acceptors (Lipinski definition) is 2. The lowest BCUT2D eigenvalue weighted by Crippen LogP contribution is -2.36. The van der Waals surface area contributed by atoms with Gasteiger partial charge in [-0.1, -0.05) is 18.2 Å². The van der Waals surface area contributed by atoms with Crippen LogP contribution in [-0.2, 0) is 12.7 Å². The second-order valence-electron chi connectivity index (χ2n) is 5.96. The first-order chi connectivity index (χ1) is 11.3. The minimum Gasteiger partial charge on any atom is -0.366 e. The maximum absolute atomic E-state index is 13.3. The summed E-state index contributed by atoms with van der Waals surface area (Å²) in [6, 6.07) is 10.4. The van der Waals surface area contributed by atoms with Crippen molar-refractivity contribution in [2.75, 3.05) is 13.1 Å². The molecule has 0 spiro atoms. The van der Waals surface area contributed by atoms with Crippen molar-refractivity contribution < 1.29 is 18.0 Å². The molecule has 1 aliphatic rings. The van der Waals surface area contributed by atoms with Crippen molar-refractivity contribution in [3.05, 3.63) is 59.2 Å². The fourth-order valence-corrected chi connectivity index (χ4v) is 2.85. The van der Waals surface area contributed by atoms with Gasteiger partial charge in [0, 0.05) is 12.1 Å². The molecule has 1 fully saturated rings. The molecule has 0 bridgehead atoms. The number of alkyl halides is 3. The van der Waals surface area contributed by atoms with E-state index in [0.717, 1.165) is 25.6 Å². The topological polar surface area (TPSA) is 46.3 Å². The Balaban J connectivity index is 2.09. The Morgan fingerprint density at radius 1 is 1.12 bits per heavy atom. The highest BCUT2D eigenvalue weighted by Crippen LogP contribution is 2.35. The summed E-state index contributed by atoms with van der Waals surface area (Å²) in [7, 11) is 0. The summed E-state index contributed by atoms with van der Waals surface area (Å²) >= 11 is 0. The smallest absolute Gasteiger partial charge is 0.366 e. The molecule has 0 radical (unpaired) electrons. The van der Waals surface area contributed by atoms with Gasteiger partial charge in [-0.25, -0.2) is 0 Å². The summed E-state index contributed by atoms with van der Waals surface area (Å²) in [5, 5.41) is 0. The maximum atomic E-state index is 13.3. The molecule has 0 atom stereocenters. The molecule has 0 aliphatic carbocycles.